The molecule has 0 saturated heterocycles. The maximum Gasteiger partial charge on any atom is 0.172 e. The highest BCUT2D eigenvalue weighted by Crippen LogP contribution is 2.34. The molecule has 4 nitrogen and oxygen atoms in total. The van der Waals surface area contributed by atoms with Crippen molar-refractivity contribution in [2.75, 3.05) is 13.2 Å². The van der Waals surface area contributed by atoms with E-state index in [1.54, 1.807) is 18.5 Å². The Bertz CT molecular complexity index is 596. The first kappa shape index (κ1) is 11.7. The van der Waals surface area contributed by atoms with Crippen molar-refractivity contribution in [1.82, 2.24) is 4.98 Å². The topological polar surface area (TPSA) is 48.4 Å². The average Bonchev–Trinajstić information content (AvgIpc) is 2.47. The van der Waals surface area contributed by atoms with Crippen molar-refractivity contribution in [3.8, 4) is 11.5 Å². The summed E-state index contributed by atoms with van der Waals surface area (Å²) < 4.78 is 11.0. The first-order valence-electron chi connectivity index (χ1n) is 6.15. The zero-order chi connectivity index (χ0) is 13.1. The molecule has 0 amide bonds. The molecule has 96 valence electrons. The van der Waals surface area contributed by atoms with Gasteiger partial charge in [-0.25, -0.2) is 0 Å². The number of carbonyl (C=O) groups excluding carboxylic acids is 1. The molecule has 0 unspecified atom stereocenters. The fourth-order valence-electron chi connectivity index (χ4n) is 2.08. The van der Waals surface area contributed by atoms with E-state index < -0.39 is 0 Å². The van der Waals surface area contributed by atoms with E-state index in [1.165, 1.54) is 0 Å². The molecule has 1 aromatic carbocycles. The number of ether oxygens (including phenoxy) is 2. The van der Waals surface area contributed by atoms with Gasteiger partial charge in [-0.2, -0.15) is 0 Å². The van der Waals surface area contributed by atoms with Crippen molar-refractivity contribution in [3.63, 3.8) is 0 Å². The van der Waals surface area contributed by atoms with E-state index in [4.69, 9.17) is 9.47 Å². The molecule has 0 N–H and O–H groups in total. The average molecular weight is 255 g/mol. The van der Waals surface area contributed by atoms with Crippen molar-refractivity contribution in [1.29, 1.82) is 0 Å². The molecule has 2 heterocycles. The van der Waals surface area contributed by atoms with Crippen LogP contribution in [0.4, 0.5) is 0 Å². The highest BCUT2D eigenvalue weighted by atomic mass is 16.6. The van der Waals surface area contributed by atoms with Gasteiger partial charge in [-0.3, -0.25) is 9.78 Å². The van der Waals surface area contributed by atoms with Crippen LogP contribution in [0.5, 0.6) is 11.5 Å². The van der Waals surface area contributed by atoms with Crippen LogP contribution in [0.25, 0.3) is 0 Å². The van der Waals surface area contributed by atoms with Crippen LogP contribution in [0.15, 0.2) is 42.7 Å². The quantitative estimate of drug-likeness (QED) is 0.789. The Morgan fingerprint density at radius 1 is 1.16 bits per heavy atom. The summed E-state index contributed by atoms with van der Waals surface area (Å²) in [6.45, 7) is 0.997. The maximum atomic E-state index is 12.3. The first-order valence-corrected chi connectivity index (χ1v) is 6.15. The second kappa shape index (κ2) is 5.10. The fourth-order valence-corrected chi connectivity index (χ4v) is 2.08. The van der Waals surface area contributed by atoms with Gasteiger partial charge in [-0.1, -0.05) is 12.1 Å². The molecule has 19 heavy (non-hydrogen) atoms. The minimum absolute atomic E-state index is 0.00958. The van der Waals surface area contributed by atoms with E-state index in [0.29, 0.717) is 36.7 Å². The predicted molar refractivity (Wildman–Crippen MR) is 69.7 cm³/mol. The molecule has 1 aliphatic rings. The molecule has 0 aliphatic carbocycles. The number of hydrogen-bond donors (Lipinski definition) is 0. The van der Waals surface area contributed by atoms with E-state index in [1.807, 2.05) is 24.3 Å². The van der Waals surface area contributed by atoms with Crippen LogP contribution in [0.3, 0.4) is 0 Å². The lowest BCUT2D eigenvalue weighted by molar-refractivity contribution is 0.0981. The third kappa shape index (κ3) is 2.42. The molecule has 0 bridgehead atoms. The lowest BCUT2D eigenvalue weighted by Crippen LogP contribution is -2.18. The monoisotopic (exact) mass is 255 g/mol. The molecule has 0 radical (unpaired) electrons. The van der Waals surface area contributed by atoms with E-state index in [-0.39, 0.29) is 5.78 Å². The van der Waals surface area contributed by atoms with Crippen LogP contribution < -0.4 is 9.47 Å². The second-order valence-corrected chi connectivity index (χ2v) is 4.29. The number of Topliss-reactive ketones (excluding diaryl/α,β-unsaturated/α-hetero) is 1. The Morgan fingerprint density at radius 3 is 2.89 bits per heavy atom. The summed E-state index contributed by atoms with van der Waals surface area (Å²) in [5.74, 6) is 1.21. The Labute approximate surface area is 111 Å². The number of carbonyl (C=O) groups is 1. The Morgan fingerprint density at radius 2 is 2.05 bits per heavy atom. The van der Waals surface area contributed by atoms with Crippen molar-refractivity contribution >= 4 is 5.78 Å². The minimum atomic E-state index is 0.00958. The highest BCUT2D eigenvalue weighted by Gasteiger charge is 2.20. The second-order valence-electron chi connectivity index (χ2n) is 4.29. The molecule has 1 aliphatic heterocycles. The third-order valence-corrected chi connectivity index (χ3v) is 2.95. The number of aromatic nitrogens is 1. The highest BCUT2D eigenvalue weighted by molar-refractivity contribution is 6.00. The standard InChI is InChI=1S/C15H13NO3/c17-13(9-11-3-2-6-16-10-11)12-4-1-5-14-15(12)19-8-7-18-14/h1-6,10H,7-9H2. The summed E-state index contributed by atoms with van der Waals surface area (Å²) in [6, 6.07) is 9.10. The van der Waals surface area contributed by atoms with Gasteiger partial charge in [0.05, 0.1) is 5.56 Å². The van der Waals surface area contributed by atoms with Crippen molar-refractivity contribution in [2.24, 2.45) is 0 Å². The first-order chi connectivity index (χ1) is 9.34. The molecule has 3 rings (SSSR count). The number of fused-ring (bicyclic) bond motifs is 1. The molecule has 4 heteroatoms. The lowest BCUT2D eigenvalue weighted by atomic mass is 10.0. The van der Waals surface area contributed by atoms with Gasteiger partial charge < -0.3 is 9.47 Å². The molecule has 0 fully saturated rings. The van der Waals surface area contributed by atoms with Gasteiger partial charge in [-0.15, -0.1) is 0 Å². The molecule has 0 saturated carbocycles. The minimum Gasteiger partial charge on any atom is -0.486 e. The van der Waals surface area contributed by atoms with Crippen LogP contribution in [0.1, 0.15) is 15.9 Å². The number of rotatable bonds is 3. The van der Waals surface area contributed by atoms with Gasteiger partial charge in [0.15, 0.2) is 17.3 Å². The van der Waals surface area contributed by atoms with Crippen molar-refractivity contribution in [3.05, 3.63) is 53.9 Å². The number of pyridine rings is 1. The molecule has 2 aromatic rings. The Kier molecular flexibility index (Phi) is 3.14. The zero-order valence-corrected chi connectivity index (χ0v) is 10.3. The smallest absolute Gasteiger partial charge is 0.172 e. The number of benzene rings is 1. The summed E-state index contributed by atoms with van der Waals surface area (Å²) in [4.78, 5) is 16.3. The molecular weight excluding hydrogens is 242 g/mol. The van der Waals surface area contributed by atoms with E-state index in [9.17, 15) is 4.79 Å². The summed E-state index contributed by atoms with van der Waals surface area (Å²) >= 11 is 0. The van der Waals surface area contributed by atoms with Gasteiger partial charge in [-0.05, 0) is 23.8 Å². The number of ketones is 1. The molecule has 1 aromatic heterocycles. The van der Waals surface area contributed by atoms with Crippen molar-refractivity contribution < 1.29 is 14.3 Å². The summed E-state index contributed by atoms with van der Waals surface area (Å²) in [5, 5.41) is 0. The van der Waals surface area contributed by atoms with Gasteiger partial charge in [0.25, 0.3) is 0 Å². The fraction of sp³-hybridized carbons (Fsp3) is 0.200. The van der Waals surface area contributed by atoms with Gasteiger partial charge in [0.1, 0.15) is 13.2 Å². The lowest BCUT2D eigenvalue weighted by Gasteiger charge is -2.20. The molecule has 0 spiro atoms. The molecule has 0 atom stereocenters. The third-order valence-electron chi connectivity index (χ3n) is 2.95. The molecular formula is C15H13NO3. The van der Waals surface area contributed by atoms with E-state index in [0.717, 1.165) is 5.56 Å². The zero-order valence-electron chi connectivity index (χ0n) is 10.3. The summed E-state index contributed by atoms with van der Waals surface area (Å²) in [6.07, 6.45) is 3.70. The summed E-state index contributed by atoms with van der Waals surface area (Å²) in [5.41, 5.74) is 1.46. The largest absolute Gasteiger partial charge is 0.486 e. The normalized spacial score (nSPS) is 13.1. The van der Waals surface area contributed by atoms with Crippen LogP contribution >= 0.6 is 0 Å². The van der Waals surface area contributed by atoms with Gasteiger partial charge in [0, 0.05) is 18.8 Å². The van der Waals surface area contributed by atoms with Crippen molar-refractivity contribution in [2.45, 2.75) is 6.42 Å². The van der Waals surface area contributed by atoms with Gasteiger partial charge >= 0.3 is 0 Å². The van der Waals surface area contributed by atoms with Crippen LogP contribution in [0, 0.1) is 0 Å². The van der Waals surface area contributed by atoms with E-state index >= 15 is 0 Å². The van der Waals surface area contributed by atoms with Crippen LogP contribution in [0.2, 0.25) is 0 Å². The van der Waals surface area contributed by atoms with Gasteiger partial charge in [0.2, 0.25) is 0 Å². The number of para-hydroxylation sites is 1. The Balaban J connectivity index is 1.88. The summed E-state index contributed by atoms with van der Waals surface area (Å²) in [7, 11) is 0. The van der Waals surface area contributed by atoms with E-state index in [2.05, 4.69) is 4.98 Å². The Hall–Kier alpha value is -2.36. The number of nitrogens with zero attached hydrogens (tertiary/aromatic N) is 1. The predicted octanol–water partition coefficient (Wildman–Crippen LogP) is 2.28. The SMILES string of the molecule is O=C(Cc1cccnc1)c1cccc2c1OCCO2. The van der Waals surface area contributed by atoms with Crippen LogP contribution in [-0.2, 0) is 6.42 Å². The maximum absolute atomic E-state index is 12.3. The van der Waals surface area contributed by atoms with Crippen LogP contribution in [-0.4, -0.2) is 24.0 Å². The number of hydrogen-bond acceptors (Lipinski definition) is 4.